The third kappa shape index (κ3) is 1.15. The van der Waals surface area contributed by atoms with Gasteiger partial charge in [-0.3, -0.25) is 14.5 Å². The number of aryl methyl sites for hydroxylation is 2. The molecule has 5 heteroatoms. The highest BCUT2D eigenvalue weighted by Gasteiger charge is 2.34. The highest BCUT2D eigenvalue weighted by molar-refractivity contribution is 6.04. The van der Waals surface area contributed by atoms with E-state index in [1.54, 1.807) is 24.7 Å². The van der Waals surface area contributed by atoms with Gasteiger partial charge < -0.3 is 0 Å². The number of imidazole rings is 1. The zero-order valence-corrected chi connectivity index (χ0v) is 10.9. The molecule has 0 bridgehead atoms. The first-order valence-electron chi connectivity index (χ1n) is 9.56. The maximum atomic E-state index is 8.11. The van der Waals surface area contributed by atoms with Crippen molar-refractivity contribution in [3.8, 4) is 11.4 Å². The second kappa shape index (κ2) is 3.49. The van der Waals surface area contributed by atoms with Crippen molar-refractivity contribution < 1.29 is 12.8 Å². The summed E-state index contributed by atoms with van der Waals surface area (Å²) in [6, 6.07) is 3.45. The first kappa shape index (κ1) is 6.85. The quantitative estimate of drug-likeness (QED) is 0.406. The summed E-state index contributed by atoms with van der Waals surface area (Å²) in [5, 5.41) is 0.605. The van der Waals surface area contributed by atoms with Gasteiger partial charge in [-0.1, -0.05) is 0 Å². The third-order valence-electron chi connectivity index (χ3n) is 4.15. The van der Waals surface area contributed by atoms with Gasteiger partial charge >= 0.3 is 0 Å². The molecule has 4 aromatic rings. The SMILES string of the molecule is [2H]C([2H])([2H])n1c2ccncc2c2c1[n+](C([2H])([2H])[2H])c1n2Cc2ccncc2-1. The van der Waals surface area contributed by atoms with Crippen LogP contribution in [0.2, 0.25) is 0 Å². The molecule has 0 aliphatic carbocycles. The minimum Gasteiger partial charge on any atom is -0.264 e. The fourth-order valence-electron chi connectivity index (χ4n) is 3.26. The average Bonchev–Trinajstić information content (AvgIpc) is 3.18. The van der Waals surface area contributed by atoms with Gasteiger partial charge in [0.2, 0.25) is 5.82 Å². The lowest BCUT2D eigenvalue weighted by Gasteiger charge is -1.98. The molecule has 0 fully saturated rings. The van der Waals surface area contributed by atoms with Gasteiger partial charge in [-0.15, -0.1) is 0 Å². The van der Waals surface area contributed by atoms with Gasteiger partial charge in [0, 0.05) is 30.4 Å². The molecule has 0 radical (unpaired) electrons. The van der Waals surface area contributed by atoms with Crippen molar-refractivity contribution in [2.24, 2.45) is 14.0 Å². The summed E-state index contributed by atoms with van der Waals surface area (Å²) in [5.41, 5.74) is 2.76. The van der Waals surface area contributed by atoms with Crippen molar-refractivity contribution in [2.45, 2.75) is 6.54 Å². The van der Waals surface area contributed by atoms with Gasteiger partial charge in [0.15, 0.2) is 5.52 Å². The van der Waals surface area contributed by atoms with E-state index in [0.29, 0.717) is 34.4 Å². The Morgan fingerprint density at radius 2 is 2.14 bits per heavy atom. The Morgan fingerprint density at radius 3 is 3.05 bits per heavy atom. The molecule has 0 N–H and O–H groups in total. The van der Waals surface area contributed by atoms with E-state index < -0.39 is 14.0 Å². The van der Waals surface area contributed by atoms with Crippen LogP contribution >= 0.6 is 0 Å². The molecule has 21 heavy (non-hydrogen) atoms. The molecule has 4 aromatic heterocycles. The lowest BCUT2D eigenvalue weighted by molar-refractivity contribution is -0.636. The lowest BCUT2D eigenvalue weighted by Crippen LogP contribution is -2.31. The standard InChI is InChI=1S/C16H14N5/c1-19-13-4-6-18-8-12(13)14-16(19)20(2)15-11-7-17-5-3-10(11)9-21(14)15/h3-8H,9H2,1-2H3/q+1/i1D3,2D3. The number of aromatic nitrogens is 5. The Labute approximate surface area is 129 Å². The van der Waals surface area contributed by atoms with Crippen LogP contribution in [0.5, 0.6) is 0 Å². The molecule has 1 aliphatic rings. The highest BCUT2D eigenvalue weighted by Crippen LogP contribution is 2.36. The first-order chi connectivity index (χ1) is 12.7. The molecule has 0 saturated carbocycles. The molecule has 1 aliphatic heterocycles. The number of hydrogen-bond acceptors (Lipinski definition) is 2. The van der Waals surface area contributed by atoms with E-state index in [0.717, 1.165) is 14.7 Å². The van der Waals surface area contributed by atoms with Gasteiger partial charge in [-0.25, -0.2) is 9.13 Å². The third-order valence-corrected chi connectivity index (χ3v) is 4.15. The average molecular weight is 282 g/mol. The van der Waals surface area contributed by atoms with Crippen molar-refractivity contribution >= 4 is 22.1 Å². The Morgan fingerprint density at radius 1 is 1.24 bits per heavy atom. The van der Waals surface area contributed by atoms with E-state index in [2.05, 4.69) is 9.97 Å². The van der Waals surface area contributed by atoms with Crippen LogP contribution in [0.3, 0.4) is 0 Å². The van der Waals surface area contributed by atoms with Gasteiger partial charge in [-0.05, 0) is 12.1 Å². The zero-order chi connectivity index (χ0) is 19.1. The molecule has 5 heterocycles. The predicted molar refractivity (Wildman–Crippen MR) is 79.7 cm³/mol. The second-order valence-corrected chi connectivity index (χ2v) is 5.18. The Hall–Kier alpha value is -2.69. The summed E-state index contributed by atoms with van der Waals surface area (Å²) >= 11 is 0. The largest absolute Gasteiger partial charge is 0.269 e. The summed E-state index contributed by atoms with van der Waals surface area (Å²) < 4.78 is 52.5. The summed E-state index contributed by atoms with van der Waals surface area (Å²) in [6.45, 7) is -4.67. The van der Waals surface area contributed by atoms with Crippen LogP contribution in [0.15, 0.2) is 36.9 Å². The van der Waals surface area contributed by atoms with E-state index in [1.807, 2.05) is 10.6 Å². The maximum Gasteiger partial charge on any atom is 0.269 e. The summed E-state index contributed by atoms with van der Waals surface area (Å²) in [4.78, 5) is 8.26. The van der Waals surface area contributed by atoms with E-state index in [4.69, 9.17) is 8.22 Å². The van der Waals surface area contributed by atoms with Gasteiger partial charge in [0.05, 0.1) is 39.7 Å². The number of fused-ring (bicyclic) bond motifs is 7. The fraction of sp³-hybridized carbons (Fsp3) is 0.188. The Balaban J connectivity index is 2.07. The van der Waals surface area contributed by atoms with E-state index in [9.17, 15) is 0 Å². The van der Waals surface area contributed by atoms with Crippen LogP contribution < -0.4 is 4.57 Å². The molecular weight excluding hydrogens is 262 g/mol. The van der Waals surface area contributed by atoms with Crippen LogP contribution in [0.25, 0.3) is 33.5 Å². The topological polar surface area (TPSA) is 39.5 Å². The molecule has 0 amide bonds. The van der Waals surface area contributed by atoms with E-state index >= 15 is 0 Å². The summed E-state index contributed by atoms with van der Waals surface area (Å²) in [5.74, 6) is 0.437. The Bertz CT molecular complexity index is 1230. The van der Waals surface area contributed by atoms with Gasteiger partial charge in [0.1, 0.15) is 5.52 Å². The molecule has 0 saturated heterocycles. The summed E-state index contributed by atoms with van der Waals surface area (Å²) in [7, 11) is 0. The Kier molecular flexibility index (Phi) is 1.14. The molecule has 0 atom stereocenters. The number of hydrogen-bond donors (Lipinski definition) is 0. The lowest BCUT2D eigenvalue weighted by atomic mass is 10.2. The van der Waals surface area contributed by atoms with Crippen LogP contribution in [-0.2, 0) is 20.5 Å². The van der Waals surface area contributed by atoms with Crippen LogP contribution in [-0.4, -0.2) is 19.1 Å². The molecule has 0 spiro atoms. The molecule has 0 aromatic carbocycles. The van der Waals surface area contributed by atoms with Crippen LogP contribution in [0.1, 0.15) is 13.8 Å². The van der Waals surface area contributed by atoms with Crippen molar-refractivity contribution in [1.82, 2.24) is 19.1 Å². The van der Waals surface area contributed by atoms with Crippen LogP contribution in [0.4, 0.5) is 0 Å². The van der Waals surface area contributed by atoms with Crippen molar-refractivity contribution in [2.75, 3.05) is 0 Å². The number of rotatable bonds is 0. The molecule has 5 nitrogen and oxygen atoms in total. The monoisotopic (exact) mass is 282 g/mol. The fourth-order valence-corrected chi connectivity index (χ4v) is 3.26. The van der Waals surface area contributed by atoms with Crippen molar-refractivity contribution in [1.29, 1.82) is 0 Å². The minimum absolute atomic E-state index is 0.141. The first-order valence-corrected chi connectivity index (χ1v) is 6.56. The normalized spacial score (nSPS) is 18.5. The zero-order valence-electron chi connectivity index (χ0n) is 16.9. The maximum absolute atomic E-state index is 8.11. The molecule has 5 rings (SSSR count). The second-order valence-electron chi connectivity index (χ2n) is 5.18. The predicted octanol–water partition coefficient (Wildman–Crippen LogP) is 1.78. The van der Waals surface area contributed by atoms with Gasteiger partial charge in [0.25, 0.3) is 5.65 Å². The van der Waals surface area contributed by atoms with Crippen LogP contribution in [0, 0.1) is 0 Å². The number of nitrogens with zero attached hydrogens (tertiary/aromatic N) is 5. The van der Waals surface area contributed by atoms with Crippen molar-refractivity contribution in [3.63, 3.8) is 0 Å². The number of pyridine rings is 2. The highest BCUT2D eigenvalue weighted by atomic mass is 15.2. The molecule has 102 valence electrons. The van der Waals surface area contributed by atoms with Crippen molar-refractivity contribution in [3.05, 3.63) is 42.5 Å². The smallest absolute Gasteiger partial charge is 0.264 e. The minimum atomic E-state index is -2.57. The summed E-state index contributed by atoms with van der Waals surface area (Å²) in [6.07, 6.45) is 6.37. The van der Waals surface area contributed by atoms with E-state index in [1.165, 1.54) is 6.20 Å². The van der Waals surface area contributed by atoms with E-state index in [-0.39, 0.29) is 5.65 Å². The van der Waals surface area contributed by atoms with Gasteiger partial charge in [-0.2, -0.15) is 0 Å². The molecular formula is C16H14N5+. The molecule has 0 unspecified atom stereocenters.